The number of halogens is 1. The highest BCUT2D eigenvalue weighted by Gasteiger charge is 2.23. The summed E-state index contributed by atoms with van der Waals surface area (Å²) in [4.78, 5) is 34.1. The number of carbonyl (C=O) groups is 2. The van der Waals surface area contributed by atoms with Gasteiger partial charge in [-0.15, -0.1) is 0 Å². The molecule has 3 aromatic rings. The van der Waals surface area contributed by atoms with Gasteiger partial charge in [0.15, 0.2) is 0 Å². The van der Waals surface area contributed by atoms with Crippen molar-refractivity contribution in [3.8, 4) is 0 Å². The van der Waals surface area contributed by atoms with Crippen molar-refractivity contribution in [1.82, 2.24) is 15.2 Å². The number of nitrogens with one attached hydrogen (secondary N) is 2. The second-order valence-electron chi connectivity index (χ2n) is 10.4. The van der Waals surface area contributed by atoms with E-state index < -0.39 is 6.09 Å². The van der Waals surface area contributed by atoms with E-state index in [1.165, 1.54) is 12.8 Å². The standard InChI is InChI=1S/C32H40ClN5O4/c1-3-4-7-28(41-2)22-37-15-17-38(18-16-37)30-13-10-26(33)19-29(30)31(39)36-27-11-8-24(9-12-27)21-35-32(40)42-23-25-6-5-14-34-20-25/h5-6,8-14,19-20,28H,3-4,7,15-18,21-23H2,1-2H3,(H,35,40)(H,36,39). The lowest BCUT2D eigenvalue weighted by Crippen LogP contribution is -2.49. The van der Waals surface area contributed by atoms with Gasteiger partial charge in [0.2, 0.25) is 0 Å². The minimum absolute atomic E-state index is 0.152. The van der Waals surface area contributed by atoms with Crippen molar-refractivity contribution < 1.29 is 19.1 Å². The van der Waals surface area contributed by atoms with Crippen LogP contribution in [0.1, 0.15) is 47.7 Å². The van der Waals surface area contributed by atoms with Crippen molar-refractivity contribution >= 4 is 35.0 Å². The lowest BCUT2D eigenvalue weighted by molar-refractivity contribution is 0.0546. The highest BCUT2D eigenvalue weighted by molar-refractivity contribution is 6.31. The summed E-state index contributed by atoms with van der Waals surface area (Å²) in [6.07, 6.45) is 6.47. The largest absolute Gasteiger partial charge is 0.445 e. The van der Waals surface area contributed by atoms with E-state index in [9.17, 15) is 9.59 Å². The zero-order valence-electron chi connectivity index (χ0n) is 24.4. The Morgan fingerprint density at radius 3 is 2.52 bits per heavy atom. The van der Waals surface area contributed by atoms with Crippen molar-refractivity contribution in [3.05, 3.63) is 88.7 Å². The average molecular weight is 594 g/mol. The molecule has 1 aromatic heterocycles. The monoisotopic (exact) mass is 593 g/mol. The molecule has 0 aliphatic carbocycles. The summed E-state index contributed by atoms with van der Waals surface area (Å²) >= 11 is 6.31. The van der Waals surface area contributed by atoms with E-state index in [1.807, 2.05) is 42.5 Å². The molecule has 1 atom stereocenters. The van der Waals surface area contributed by atoms with Crippen LogP contribution in [0.3, 0.4) is 0 Å². The van der Waals surface area contributed by atoms with E-state index >= 15 is 0 Å². The molecule has 42 heavy (non-hydrogen) atoms. The van der Waals surface area contributed by atoms with Crippen LogP contribution in [0.5, 0.6) is 0 Å². The summed E-state index contributed by atoms with van der Waals surface area (Å²) in [5, 5.41) is 6.23. The van der Waals surface area contributed by atoms with Gasteiger partial charge in [0.25, 0.3) is 5.91 Å². The van der Waals surface area contributed by atoms with Gasteiger partial charge in [0.05, 0.1) is 11.7 Å². The number of aromatic nitrogens is 1. The fourth-order valence-corrected chi connectivity index (χ4v) is 5.07. The molecule has 9 nitrogen and oxygen atoms in total. The van der Waals surface area contributed by atoms with E-state index in [0.29, 0.717) is 22.8 Å². The molecule has 2 heterocycles. The first-order valence-corrected chi connectivity index (χ1v) is 14.8. The van der Waals surface area contributed by atoms with Gasteiger partial charge in [0.1, 0.15) is 6.61 Å². The number of piperazine rings is 1. The van der Waals surface area contributed by atoms with Crippen LogP contribution in [0, 0.1) is 0 Å². The minimum atomic E-state index is -0.513. The Kier molecular flexibility index (Phi) is 12.0. The van der Waals surface area contributed by atoms with Crippen molar-refractivity contribution in [1.29, 1.82) is 0 Å². The van der Waals surface area contributed by atoms with Crippen molar-refractivity contribution in [3.63, 3.8) is 0 Å². The SMILES string of the molecule is CCCCC(CN1CCN(c2ccc(Cl)cc2C(=O)Nc2ccc(CNC(=O)OCc3cccnc3)cc2)CC1)OC. The number of methoxy groups -OCH3 is 1. The summed E-state index contributed by atoms with van der Waals surface area (Å²) < 4.78 is 10.9. The Morgan fingerprint density at radius 2 is 1.83 bits per heavy atom. The molecule has 1 saturated heterocycles. The topological polar surface area (TPSA) is 96.0 Å². The highest BCUT2D eigenvalue weighted by Crippen LogP contribution is 2.27. The van der Waals surface area contributed by atoms with Gasteiger partial charge in [-0.25, -0.2) is 4.79 Å². The molecule has 2 amide bonds. The first kappa shape index (κ1) is 31.3. The van der Waals surface area contributed by atoms with E-state index in [-0.39, 0.29) is 18.6 Å². The fraction of sp³-hybridized carbons (Fsp3) is 0.406. The zero-order chi connectivity index (χ0) is 29.7. The van der Waals surface area contributed by atoms with Gasteiger partial charge < -0.3 is 25.0 Å². The number of amides is 2. The van der Waals surface area contributed by atoms with Crippen molar-refractivity contribution in [2.45, 2.75) is 45.4 Å². The molecule has 2 N–H and O–H groups in total. The molecular weight excluding hydrogens is 554 g/mol. The number of benzene rings is 2. The number of anilines is 2. The molecule has 0 saturated carbocycles. The third-order valence-corrected chi connectivity index (χ3v) is 7.57. The Balaban J connectivity index is 1.29. The number of rotatable bonds is 13. The summed E-state index contributed by atoms with van der Waals surface area (Å²) in [7, 11) is 1.79. The highest BCUT2D eigenvalue weighted by atomic mass is 35.5. The number of hydrogen-bond donors (Lipinski definition) is 2. The molecule has 1 fully saturated rings. The van der Waals surface area contributed by atoms with Crippen molar-refractivity contribution in [2.24, 2.45) is 0 Å². The number of carbonyl (C=O) groups excluding carboxylic acids is 2. The lowest BCUT2D eigenvalue weighted by atomic mass is 10.1. The Labute approximate surface area is 253 Å². The van der Waals surface area contributed by atoms with Gasteiger partial charge >= 0.3 is 6.09 Å². The predicted octanol–water partition coefficient (Wildman–Crippen LogP) is 5.74. The Hall–Kier alpha value is -3.66. The van der Waals surface area contributed by atoms with Gasteiger partial charge in [-0.05, 0) is 48.4 Å². The maximum atomic E-state index is 13.4. The van der Waals surface area contributed by atoms with Gasteiger partial charge in [0, 0.05) is 80.7 Å². The lowest BCUT2D eigenvalue weighted by Gasteiger charge is -2.38. The van der Waals surface area contributed by atoms with Crippen LogP contribution in [0.2, 0.25) is 5.02 Å². The molecule has 0 radical (unpaired) electrons. The fourth-order valence-electron chi connectivity index (χ4n) is 4.90. The third kappa shape index (κ3) is 9.44. The first-order chi connectivity index (χ1) is 20.4. The maximum Gasteiger partial charge on any atom is 0.407 e. The minimum Gasteiger partial charge on any atom is -0.445 e. The molecule has 0 bridgehead atoms. The molecule has 4 rings (SSSR count). The molecule has 1 unspecified atom stereocenters. The van der Waals surface area contributed by atoms with Crippen LogP contribution in [-0.2, 0) is 22.6 Å². The van der Waals surface area contributed by atoms with E-state index in [4.69, 9.17) is 21.1 Å². The molecule has 1 aliphatic rings. The van der Waals surface area contributed by atoms with Crippen LogP contribution < -0.4 is 15.5 Å². The van der Waals surface area contributed by atoms with Crippen LogP contribution in [0.15, 0.2) is 67.0 Å². The van der Waals surface area contributed by atoms with Crippen LogP contribution in [0.4, 0.5) is 16.2 Å². The molecular formula is C32H40ClN5O4. The number of nitrogens with zero attached hydrogens (tertiary/aromatic N) is 3. The molecule has 2 aromatic carbocycles. The predicted molar refractivity (Wildman–Crippen MR) is 166 cm³/mol. The van der Waals surface area contributed by atoms with Gasteiger partial charge in [-0.2, -0.15) is 0 Å². The quantitative estimate of drug-likeness (QED) is 0.261. The molecule has 224 valence electrons. The normalized spacial score (nSPS) is 14.3. The number of pyridine rings is 1. The van der Waals surface area contributed by atoms with Gasteiger partial charge in [-0.3, -0.25) is 14.7 Å². The van der Waals surface area contributed by atoms with E-state index in [1.54, 1.807) is 31.6 Å². The first-order valence-electron chi connectivity index (χ1n) is 14.4. The molecule has 1 aliphatic heterocycles. The summed E-state index contributed by atoms with van der Waals surface area (Å²) in [6, 6.07) is 16.4. The third-order valence-electron chi connectivity index (χ3n) is 7.33. The maximum absolute atomic E-state index is 13.4. The Bertz CT molecular complexity index is 1280. The summed E-state index contributed by atoms with van der Waals surface area (Å²) in [5.41, 5.74) is 3.75. The number of alkyl carbamates (subject to hydrolysis) is 1. The molecule has 10 heteroatoms. The van der Waals surface area contributed by atoms with Crippen LogP contribution in [0.25, 0.3) is 0 Å². The van der Waals surface area contributed by atoms with Crippen LogP contribution in [-0.4, -0.2) is 67.8 Å². The van der Waals surface area contributed by atoms with Crippen molar-refractivity contribution in [2.75, 3.05) is 50.1 Å². The number of unbranched alkanes of at least 4 members (excludes halogenated alkanes) is 1. The zero-order valence-corrected chi connectivity index (χ0v) is 25.1. The van der Waals surface area contributed by atoms with Crippen LogP contribution >= 0.6 is 11.6 Å². The number of hydrogen-bond acceptors (Lipinski definition) is 7. The number of ether oxygens (including phenoxy) is 2. The second-order valence-corrected chi connectivity index (χ2v) is 10.8. The summed E-state index contributed by atoms with van der Waals surface area (Å²) in [5.74, 6) is -0.223. The van der Waals surface area contributed by atoms with Gasteiger partial charge in [-0.1, -0.05) is 49.6 Å². The van der Waals surface area contributed by atoms with E-state index in [0.717, 1.165) is 56.0 Å². The average Bonchev–Trinajstić information content (AvgIpc) is 3.02. The molecule has 0 spiro atoms. The second kappa shape index (κ2) is 16.1. The Morgan fingerprint density at radius 1 is 1.05 bits per heavy atom. The van der Waals surface area contributed by atoms with E-state index in [2.05, 4.69) is 32.3 Å². The smallest absolute Gasteiger partial charge is 0.407 e. The summed E-state index contributed by atoms with van der Waals surface area (Å²) in [6.45, 7) is 7.02.